The molecular formula is C14H22O9. The second kappa shape index (κ2) is 10.9. The number of benzene rings is 1. The van der Waals surface area contributed by atoms with E-state index in [1.165, 1.54) is 19.2 Å². The minimum Gasteiger partial charge on any atom is -0.497 e. The highest BCUT2D eigenvalue weighted by molar-refractivity contribution is 5.87. The van der Waals surface area contributed by atoms with Crippen LogP contribution in [0.3, 0.4) is 0 Å². The number of rotatable bonds is 7. The summed E-state index contributed by atoms with van der Waals surface area (Å²) in [5.41, 5.74) is 0.269. The van der Waals surface area contributed by atoms with E-state index in [-0.39, 0.29) is 5.56 Å². The number of aliphatic hydroxyl groups excluding tert-OH is 6. The van der Waals surface area contributed by atoms with Crippen LogP contribution < -0.4 is 4.74 Å². The maximum atomic E-state index is 10.4. The van der Waals surface area contributed by atoms with Crippen molar-refractivity contribution in [3.8, 4) is 5.75 Å². The van der Waals surface area contributed by atoms with Crippen molar-refractivity contribution in [2.24, 2.45) is 0 Å². The molecule has 9 heteroatoms. The van der Waals surface area contributed by atoms with Crippen LogP contribution in [0.15, 0.2) is 24.3 Å². The highest BCUT2D eigenvalue weighted by Gasteiger charge is 2.29. The van der Waals surface area contributed by atoms with Gasteiger partial charge in [0.15, 0.2) is 0 Å². The Bertz CT molecular complexity index is 434. The fourth-order valence-electron chi connectivity index (χ4n) is 1.40. The third-order valence-electron chi connectivity index (χ3n) is 2.85. The van der Waals surface area contributed by atoms with E-state index in [1.807, 2.05) is 0 Å². The fraction of sp³-hybridized carbons (Fsp3) is 0.500. The highest BCUT2D eigenvalue weighted by Crippen LogP contribution is 2.10. The highest BCUT2D eigenvalue weighted by atomic mass is 16.5. The molecular weight excluding hydrogens is 312 g/mol. The molecule has 0 heterocycles. The third-order valence-corrected chi connectivity index (χ3v) is 2.85. The largest absolute Gasteiger partial charge is 0.497 e. The smallest absolute Gasteiger partial charge is 0.335 e. The van der Waals surface area contributed by atoms with Gasteiger partial charge in [0.25, 0.3) is 0 Å². The van der Waals surface area contributed by atoms with Gasteiger partial charge in [0.1, 0.15) is 30.2 Å². The van der Waals surface area contributed by atoms with E-state index in [0.717, 1.165) is 0 Å². The van der Waals surface area contributed by atoms with Gasteiger partial charge in [-0.15, -0.1) is 0 Å². The predicted molar refractivity (Wildman–Crippen MR) is 78.2 cm³/mol. The number of aromatic carboxylic acids is 1. The zero-order valence-corrected chi connectivity index (χ0v) is 12.5. The fourth-order valence-corrected chi connectivity index (χ4v) is 1.40. The molecule has 0 fully saturated rings. The van der Waals surface area contributed by atoms with Crippen molar-refractivity contribution < 1.29 is 45.3 Å². The van der Waals surface area contributed by atoms with Gasteiger partial charge >= 0.3 is 5.97 Å². The summed E-state index contributed by atoms with van der Waals surface area (Å²) in [4.78, 5) is 10.4. The molecule has 1 rings (SSSR count). The van der Waals surface area contributed by atoms with Gasteiger partial charge in [0.05, 0.1) is 25.9 Å². The number of carboxylic acids is 1. The molecule has 1 aromatic rings. The van der Waals surface area contributed by atoms with Gasteiger partial charge in [0, 0.05) is 0 Å². The van der Waals surface area contributed by atoms with E-state index in [9.17, 15) is 4.79 Å². The third kappa shape index (κ3) is 7.37. The summed E-state index contributed by atoms with van der Waals surface area (Å²) in [6.07, 6.45) is -6.39. The Balaban J connectivity index is 0.000000422. The number of methoxy groups -OCH3 is 1. The summed E-state index contributed by atoms with van der Waals surface area (Å²) in [5, 5.41) is 60.7. The molecule has 0 amide bonds. The van der Waals surface area contributed by atoms with Gasteiger partial charge in [0.2, 0.25) is 0 Å². The van der Waals surface area contributed by atoms with E-state index in [4.69, 9.17) is 40.5 Å². The first-order chi connectivity index (χ1) is 10.8. The molecule has 0 unspecified atom stereocenters. The summed E-state index contributed by atoms with van der Waals surface area (Å²) in [7, 11) is 1.54. The number of aliphatic hydroxyl groups is 6. The number of hydrogen-bond acceptors (Lipinski definition) is 8. The molecule has 132 valence electrons. The predicted octanol–water partition coefficient (Wildman–Crippen LogP) is -2.19. The van der Waals surface area contributed by atoms with Crippen LogP contribution in [0, 0.1) is 0 Å². The lowest BCUT2D eigenvalue weighted by Gasteiger charge is -2.24. The molecule has 4 atom stereocenters. The van der Waals surface area contributed by atoms with Gasteiger partial charge in [-0.1, -0.05) is 0 Å². The molecule has 23 heavy (non-hydrogen) atoms. The van der Waals surface area contributed by atoms with Gasteiger partial charge in [-0.3, -0.25) is 0 Å². The Labute approximate surface area is 132 Å². The van der Waals surface area contributed by atoms with Crippen LogP contribution in [0.4, 0.5) is 0 Å². The maximum absolute atomic E-state index is 10.4. The van der Waals surface area contributed by atoms with Gasteiger partial charge in [-0.2, -0.15) is 0 Å². The second-order valence-corrected chi connectivity index (χ2v) is 4.51. The standard InChI is InChI=1S/C8H8O3.C6H14O6/c1-11-7-4-2-6(3-5-7)8(9)10;7-1-3(9)5(11)6(12)4(10)2-8/h2-5H,1H3,(H,9,10);3-12H,1-2H2/t;3-,4+,5-,6-/m.1/s1. The Hall–Kier alpha value is -1.75. The zero-order valence-electron chi connectivity index (χ0n) is 12.5. The number of ether oxygens (including phenoxy) is 1. The molecule has 0 aliphatic rings. The Morgan fingerprint density at radius 1 is 0.957 bits per heavy atom. The average molecular weight is 334 g/mol. The number of carbonyl (C=O) groups is 1. The van der Waals surface area contributed by atoms with Crippen LogP contribution >= 0.6 is 0 Å². The van der Waals surface area contributed by atoms with Crippen molar-refractivity contribution >= 4 is 5.97 Å². The van der Waals surface area contributed by atoms with Crippen molar-refractivity contribution in [1.82, 2.24) is 0 Å². The van der Waals surface area contributed by atoms with Crippen LogP contribution in [0.25, 0.3) is 0 Å². The summed E-state index contributed by atoms with van der Waals surface area (Å²) >= 11 is 0. The minimum atomic E-state index is -1.67. The first-order valence-electron chi connectivity index (χ1n) is 6.59. The van der Waals surface area contributed by atoms with E-state index in [2.05, 4.69) is 0 Å². The molecule has 0 aliphatic carbocycles. The minimum absolute atomic E-state index is 0.269. The van der Waals surface area contributed by atoms with Gasteiger partial charge in [-0.05, 0) is 24.3 Å². The zero-order chi connectivity index (χ0) is 18.0. The van der Waals surface area contributed by atoms with Crippen molar-refractivity contribution in [2.45, 2.75) is 24.4 Å². The van der Waals surface area contributed by atoms with Crippen LogP contribution in [0.5, 0.6) is 5.75 Å². The Morgan fingerprint density at radius 2 is 1.35 bits per heavy atom. The molecule has 0 saturated carbocycles. The number of hydrogen-bond donors (Lipinski definition) is 7. The topological polar surface area (TPSA) is 168 Å². The van der Waals surface area contributed by atoms with Crippen molar-refractivity contribution in [2.75, 3.05) is 20.3 Å². The van der Waals surface area contributed by atoms with Crippen molar-refractivity contribution in [3.63, 3.8) is 0 Å². The average Bonchev–Trinajstić information content (AvgIpc) is 2.59. The molecule has 0 aliphatic heterocycles. The Morgan fingerprint density at radius 3 is 1.61 bits per heavy atom. The van der Waals surface area contributed by atoms with Crippen molar-refractivity contribution in [3.05, 3.63) is 29.8 Å². The lowest BCUT2D eigenvalue weighted by atomic mass is 10.0. The van der Waals surface area contributed by atoms with E-state index in [1.54, 1.807) is 12.1 Å². The van der Waals surface area contributed by atoms with Crippen LogP contribution in [-0.4, -0.2) is 86.5 Å². The second-order valence-electron chi connectivity index (χ2n) is 4.51. The summed E-state index contributed by atoms with van der Waals surface area (Å²) in [6.45, 7) is -1.45. The van der Waals surface area contributed by atoms with Gasteiger partial charge < -0.3 is 40.5 Å². The normalized spacial score (nSPS) is 15.6. The number of carboxylic acid groups (broad SMARTS) is 1. The molecule has 0 radical (unpaired) electrons. The van der Waals surface area contributed by atoms with E-state index in [0.29, 0.717) is 5.75 Å². The molecule has 9 nitrogen and oxygen atoms in total. The first kappa shape index (κ1) is 21.2. The summed E-state index contributed by atoms with van der Waals surface area (Å²) < 4.78 is 4.86. The Kier molecular flexibility index (Phi) is 10.1. The van der Waals surface area contributed by atoms with Crippen LogP contribution in [0.2, 0.25) is 0 Å². The quantitative estimate of drug-likeness (QED) is 0.293. The lowest BCUT2D eigenvalue weighted by molar-refractivity contribution is -0.123. The molecule has 1 aromatic carbocycles. The van der Waals surface area contributed by atoms with Crippen molar-refractivity contribution in [1.29, 1.82) is 0 Å². The molecule has 0 spiro atoms. The molecule has 0 bridgehead atoms. The monoisotopic (exact) mass is 334 g/mol. The first-order valence-corrected chi connectivity index (χ1v) is 6.59. The molecule has 7 N–H and O–H groups in total. The summed E-state index contributed by atoms with van der Waals surface area (Å²) in [6, 6.07) is 6.23. The molecule has 0 aromatic heterocycles. The molecule has 0 saturated heterocycles. The van der Waals surface area contributed by atoms with Crippen LogP contribution in [0.1, 0.15) is 10.4 Å². The SMILES string of the molecule is COc1ccc(C(=O)O)cc1.OC[C@@H](O)[C@@H](O)[C@H](O)[C@@H](O)CO. The summed E-state index contributed by atoms with van der Waals surface area (Å²) in [5.74, 6) is -0.261. The lowest BCUT2D eigenvalue weighted by Crippen LogP contribution is -2.46. The van der Waals surface area contributed by atoms with E-state index >= 15 is 0 Å². The maximum Gasteiger partial charge on any atom is 0.335 e. The van der Waals surface area contributed by atoms with Gasteiger partial charge in [-0.25, -0.2) is 4.79 Å². The van der Waals surface area contributed by atoms with E-state index < -0.39 is 43.6 Å². The van der Waals surface area contributed by atoms with Crippen LogP contribution in [-0.2, 0) is 0 Å².